The van der Waals surface area contributed by atoms with Gasteiger partial charge in [0.25, 0.3) is 0 Å². The van der Waals surface area contributed by atoms with Gasteiger partial charge in [0.2, 0.25) is 0 Å². The number of nitrogens with one attached hydrogen (secondary N) is 2. The maximum absolute atomic E-state index is 13.1. The molecule has 1 unspecified atom stereocenters. The highest BCUT2D eigenvalue weighted by molar-refractivity contribution is 5.72. The summed E-state index contributed by atoms with van der Waals surface area (Å²) in [5.41, 5.74) is 3.85. The number of aromatic nitrogens is 1. The largest absolute Gasteiger partial charge is 0.417 e. The Bertz CT molecular complexity index is 984. The molecule has 5 heteroatoms. The van der Waals surface area contributed by atoms with Crippen LogP contribution in [0, 0.1) is 11.7 Å². The van der Waals surface area contributed by atoms with Gasteiger partial charge in [-0.05, 0) is 99.2 Å². The molecule has 4 rings (SSSR count). The zero-order chi connectivity index (χ0) is 20.2. The van der Waals surface area contributed by atoms with Crippen LogP contribution in [0.2, 0.25) is 0 Å². The highest BCUT2D eigenvalue weighted by atomic mass is 19.1. The second-order valence-corrected chi connectivity index (χ2v) is 8.35. The molecule has 3 aromatic rings. The van der Waals surface area contributed by atoms with Crippen LogP contribution in [0.1, 0.15) is 56.1 Å². The Labute approximate surface area is 170 Å². The van der Waals surface area contributed by atoms with Gasteiger partial charge in [-0.15, -0.1) is 0 Å². The van der Waals surface area contributed by atoms with Crippen LogP contribution in [-0.2, 0) is 6.42 Å². The second kappa shape index (κ2) is 8.95. The molecule has 1 saturated carbocycles. The van der Waals surface area contributed by atoms with Crippen molar-refractivity contribution in [2.24, 2.45) is 5.92 Å². The standard InChI is InChI=1S/C24H29FN2O2/c1-16(18-5-7-19(8-6-18)20-9-11-21(25)12-10-20)26-14-2-3-17-4-13-22-23(15-17)29-24(28)27-22/h4,9-13,15-16,18-19,26H,2-3,5-8,14H2,1H3,(H,27,28). The Morgan fingerprint density at radius 1 is 1.14 bits per heavy atom. The van der Waals surface area contributed by atoms with Gasteiger partial charge in [-0.1, -0.05) is 18.2 Å². The molecule has 1 atom stereocenters. The van der Waals surface area contributed by atoms with Crippen LogP contribution >= 0.6 is 0 Å². The van der Waals surface area contributed by atoms with E-state index in [2.05, 4.69) is 17.2 Å². The Kier molecular flexibility index (Phi) is 6.14. The van der Waals surface area contributed by atoms with Crippen molar-refractivity contribution >= 4 is 11.1 Å². The summed E-state index contributed by atoms with van der Waals surface area (Å²) in [6.07, 6.45) is 6.82. The van der Waals surface area contributed by atoms with E-state index in [0.29, 0.717) is 23.5 Å². The molecule has 154 valence electrons. The van der Waals surface area contributed by atoms with Crippen molar-refractivity contribution in [1.82, 2.24) is 10.3 Å². The summed E-state index contributed by atoms with van der Waals surface area (Å²) in [6.45, 7) is 3.28. The van der Waals surface area contributed by atoms with Gasteiger partial charge in [-0.3, -0.25) is 4.98 Å². The Morgan fingerprint density at radius 2 is 1.90 bits per heavy atom. The number of H-pyrrole nitrogens is 1. The first-order chi connectivity index (χ1) is 14.1. The highest BCUT2D eigenvalue weighted by Crippen LogP contribution is 2.37. The normalized spacial score (nSPS) is 20.8. The fraction of sp³-hybridized carbons (Fsp3) is 0.458. The molecule has 1 fully saturated rings. The molecule has 0 saturated heterocycles. The van der Waals surface area contributed by atoms with Crippen molar-refractivity contribution in [3.63, 3.8) is 0 Å². The predicted octanol–water partition coefficient (Wildman–Crippen LogP) is 5.14. The van der Waals surface area contributed by atoms with Crippen LogP contribution in [-0.4, -0.2) is 17.6 Å². The van der Waals surface area contributed by atoms with Crippen LogP contribution in [0.4, 0.5) is 4.39 Å². The maximum atomic E-state index is 13.1. The summed E-state index contributed by atoms with van der Waals surface area (Å²) in [5, 5.41) is 3.70. The first-order valence-electron chi connectivity index (χ1n) is 10.7. The Morgan fingerprint density at radius 3 is 2.66 bits per heavy atom. The molecule has 2 N–H and O–H groups in total. The van der Waals surface area contributed by atoms with Crippen molar-refractivity contribution in [1.29, 1.82) is 0 Å². The lowest BCUT2D eigenvalue weighted by Gasteiger charge is -2.33. The van der Waals surface area contributed by atoms with Gasteiger partial charge < -0.3 is 9.73 Å². The van der Waals surface area contributed by atoms with E-state index in [1.54, 1.807) is 12.1 Å². The smallest absolute Gasteiger partial charge is 0.408 e. The predicted molar refractivity (Wildman–Crippen MR) is 114 cm³/mol. The Balaban J connectivity index is 1.19. The summed E-state index contributed by atoms with van der Waals surface area (Å²) in [6, 6.07) is 13.5. The first kappa shape index (κ1) is 19.9. The molecule has 1 heterocycles. The minimum absolute atomic E-state index is 0.155. The van der Waals surface area contributed by atoms with Crippen molar-refractivity contribution in [3.05, 3.63) is 70.0 Å². The van der Waals surface area contributed by atoms with E-state index in [0.717, 1.165) is 24.9 Å². The average Bonchev–Trinajstić information content (AvgIpc) is 3.11. The molecule has 1 aromatic heterocycles. The van der Waals surface area contributed by atoms with Gasteiger partial charge in [0.1, 0.15) is 5.82 Å². The minimum atomic E-state index is -0.401. The van der Waals surface area contributed by atoms with Crippen LogP contribution in [0.15, 0.2) is 51.7 Å². The molecule has 0 radical (unpaired) electrons. The van der Waals surface area contributed by atoms with Gasteiger partial charge in [-0.25, -0.2) is 9.18 Å². The van der Waals surface area contributed by atoms with E-state index in [1.165, 1.54) is 36.8 Å². The zero-order valence-electron chi connectivity index (χ0n) is 16.9. The van der Waals surface area contributed by atoms with Gasteiger partial charge >= 0.3 is 5.76 Å². The molecular formula is C24H29FN2O2. The number of fused-ring (bicyclic) bond motifs is 1. The van der Waals surface area contributed by atoms with Crippen LogP contribution < -0.4 is 11.1 Å². The van der Waals surface area contributed by atoms with Gasteiger partial charge in [-0.2, -0.15) is 0 Å². The van der Waals surface area contributed by atoms with Crippen molar-refractivity contribution in [2.45, 2.75) is 57.4 Å². The van der Waals surface area contributed by atoms with Gasteiger partial charge in [0.15, 0.2) is 5.58 Å². The summed E-state index contributed by atoms with van der Waals surface area (Å²) in [5.74, 6) is 0.722. The molecule has 4 nitrogen and oxygen atoms in total. The average molecular weight is 397 g/mol. The lowest BCUT2D eigenvalue weighted by atomic mass is 9.76. The van der Waals surface area contributed by atoms with Crippen LogP contribution in [0.3, 0.4) is 0 Å². The first-order valence-corrected chi connectivity index (χ1v) is 10.7. The third-order valence-corrected chi connectivity index (χ3v) is 6.41. The van der Waals surface area contributed by atoms with Crippen molar-refractivity contribution < 1.29 is 8.81 Å². The summed E-state index contributed by atoms with van der Waals surface area (Å²) in [4.78, 5) is 13.9. The monoisotopic (exact) mass is 396 g/mol. The molecule has 2 aromatic carbocycles. The van der Waals surface area contributed by atoms with E-state index in [9.17, 15) is 9.18 Å². The lowest BCUT2D eigenvalue weighted by molar-refractivity contribution is 0.262. The maximum Gasteiger partial charge on any atom is 0.417 e. The quantitative estimate of drug-likeness (QED) is 0.543. The number of hydrogen-bond acceptors (Lipinski definition) is 3. The van der Waals surface area contributed by atoms with E-state index in [-0.39, 0.29) is 5.82 Å². The van der Waals surface area contributed by atoms with E-state index >= 15 is 0 Å². The summed E-state index contributed by atoms with van der Waals surface area (Å²) in [7, 11) is 0. The van der Waals surface area contributed by atoms with Gasteiger partial charge in [0.05, 0.1) is 5.52 Å². The number of aryl methyl sites for hydroxylation is 1. The highest BCUT2D eigenvalue weighted by Gasteiger charge is 2.25. The molecule has 0 aliphatic heterocycles. The fourth-order valence-corrected chi connectivity index (χ4v) is 4.62. The minimum Gasteiger partial charge on any atom is -0.408 e. The summed E-state index contributed by atoms with van der Waals surface area (Å²) < 4.78 is 18.3. The molecule has 0 spiro atoms. The van der Waals surface area contributed by atoms with Crippen molar-refractivity contribution in [2.75, 3.05) is 6.54 Å². The number of aromatic amines is 1. The number of rotatable bonds is 7. The lowest BCUT2D eigenvalue weighted by Crippen LogP contribution is -2.36. The SMILES string of the molecule is CC(NCCCc1ccc2[nH]c(=O)oc2c1)C1CCC(c2ccc(F)cc2)CC1. The van der Waals surface area contributed by atoms with Crippen LogP contribution in [0.25, 0.3) is 11.1 Å². The second-order valence-electron chi connectivity index (χ2n) is 8.35. The van der Waals surface area contributed by atoms with Crippen LogP contribution in [0.5, 0.6) is 0 Å². The Hall–Kier alpha value is -2.40. The molecule has 1 aliphatic carbocycles. The molecule has 29 heavy (non-hydrogen) atoms. The van der Waals surface area contributed by atoms with E-state index < -0.39 is 5.76 Å². The number of hydrogen-bond donors (Lipinski definition) is 2. The van der Waals surface area contributed by atoms with Gasteiger partial charge in [0, 0.05) is 6.04 Å². The molecule has 0 amide bonds. The number of halogens is 1. The number of oxazole rings is 1. The molecular weight excluding hydrogens is 367 g/mol. The van der Waals surface area contributed by atoms with E-state index in [4.69, 9.17) is 4.42 Å². The van der Waals surface area contributed by atoms with E-state index in [1.807, 2.05) is 30.3 Å². The summed E-state index contributed by atoms with van der Waals surface area (Å²) >= 11 is 0. The van der Waals surface area contributed by atoms with Crippen molar-refractivity contribution in [3.8, 4) is 0 Å². The topological polar surface area (TPSA) is 58.0 Å². The number of benzene rings is 2. The third-order valence-electron chi connectivity index (χ3n) is 6.41. The molecule has 1 aliphatic rings. The third kappa shape index (κ3) is 4.96. The molecule has 0 bridgehead atoms. The fourth-order valence-electron chi connectivity index (χ4n) is 4.62. The zero-order valence-corrected chi connectivity index (χ0v) is 16.9.